The van der Waals surface area contributed by atoms with E-state index in [0.717, 1.165) is 28.8 Å². The number of imide groups is 2. The van der Waals surface area contributed by atoms with E-state index in [0.29, 0.717) is 79.1 Å². The van der Waals surface area contributed by atoms with Gasteiger partial charge in [0.25, 0.3) is 11.8 Å². The van der Waals surface area contributed by atoms with Crippen molar-refractivity contribution in [3.8, 4) is 0 Å². The molecule has 1 atom stereocenters. The topological polar surface area (TPSA) is 168 Å². The molecule has 1 fully saturated rings. The number of nitrogens with zero attached hydrogens (tertiary/aromatic N) is 1. The molecule has 2 aliphatic heterocycles. The maximum absolute atomic E-state index is 13.1. The summed E-state index contributed by atoms with van der Waals surface area (Å²) in [5, 5.41) is 4.90. The van der Waals surface area contributed by atoms with Gasteiger partial charge in [-0.15, -0.1) is 0 Å². The van der Waals surface area contributed by atoms with Crippen molar-refractivity contribution in [2.45, 2.75) is 44.6 Å². The largest absolute Gasteiger partial charge is 0.379 e. The fourth-order valence-corrected chi connectivity index (χ4v) is 5.07. The van der Waals surface area contributed by atoms with Gasteiger partial charge in [0, 0.05) is 23.9 Å². The van der Waals surface area contributed by atoms with Gasteiger partial charge in [0.2, 0.25) is 17.7 Å². The third-order valence-corrected chi connectivity index (χ3v) is 7.46. The number of anilines is 1. The molecule has 5 amide bonds. The van der Waals surface area contributed by atoms with Gasteiger partial charge >= 0.3 is 0 Å². The average molecular weight is 762 g/mol. The molecule has 0 bridgehead atoms. The number of ether oxygens (including phenoxy) is 6. The number of piperidine rings is 1. The number of halogens is 1. The number of benzene rings is 1. The van der Waals surface area contributed by atoms with Gasteiger partial charge in [0.1, 0.15) is 6.04 Å². The van der Waals surface area contributed by atoms with E-state index in [-0.39, 0.29) is 42.0 Å². The Bertz CT molecular complexity index is 1150. The number of alkyl halides is 1. The second-order valence-electron chi connectivity index (χ2n) is 10.4. The van der Waals surface area contributed by atoms with E-state index >= 15 is 0 Å². The summed E-state index contributed by atoms with van der Waals surface area (Å²) in [6.07, 6.45) is 2.51. The molecule has 2 N–H and O–H groups in total. The van der Waals surface area contributed by atoms with Gasteiger partial charge in [-0.1, -0.05) is 35.1 Å². The number of amides is 5. The molecule has 0 aliphatic carbocycles. The minimum absolute atomic E-state index is 0.0343. The van der Waals surface area contributed by atoms with Crippen LogP contribution in [-0.2, 0) is 42.8 Å². The van der Waals surface area contributed by atoms with Crippen LogP contribution in [0.25, 0.3) is 0 Å². The van der Waals surface area contributed by atoms with E-state index in [9.17, 15) is 24.0 Å². The Balaban J connectivity index is 1.16. The number of unbranched alkanes of at least 4 members (excludes halogenated alkanes) is 2. The Hall–Kier alpha value is -2.54. The summed E-state index contributed by atoms with van der Waals surface area (Å²) in [6, 6.07) is 3.55. The van der Waals surface area contributed by atoms with E-state index in [2.05, 4.69) is 33.2 Å². The van der Waals surface area contributed by atoms with Crippen LogP contribution in [-0.4, -0.2) is 124 Å². The molecule has 46 heavy (non-hydrogen) atoms. The summed E-state index contributed by atoms with van der Waals surface area (Å²) in [4.78, 5) is 63.3. The Labute approximate surface area is 282 Å². The first-order chi connectivity index (χ1) is 22.4. The SMILES string of the molecule is O=C1CCC(N2C(=O)c3cccc(NC(=O)CCCCCOCCOCCOCCOCCOCCOCCI)c3C2=O)C(=O)N1. The first kappa shape index (κ1) is 37.9. The Morgan fingerprint density at radius 1 is 0.761 bits per heavy atom. The quantitative estimate of drug-likeness (QED) is 0.0649. The lowest BCUT2D eigenvalue weighted by Crippen LogP contribution is -2.54. The molecule has 14 nitrogen and oxygen atoms in total. The highest BCUT2D eigenvalue weighted by Gasteiger charge is 2.45. The van der Waals surface area contributed by atoms with Gasteiger partial charge in [-0.25, -0.2) is 0 Å². The van der Waals surface area contributed by atoms with Crippen LogP contribution in [0.1, 0.15) is 59.2 Å². The third-order valence-electron chi connectivity index (χ3n) is 7.02. The van der Waals surface area contributed by atoms with Crippen molar-refractivity contribution < 1.29 is 52.4 Å². The van der Waals surface area contributed by atoms with Gasteiger partial charge < -0.3 is 33.7 Å². The molecule has 1 aromatic rings. The number of carbonyl (C=O) groups excluding carboxylic acids is 5. The van der Waals surface area contributed by atoms with Crippen LogP contribution in [0, 0.1) is 0 Å². The molecule has 0 aromatic heterocycles. The first-order valence-corrected chi connectivity index (χ1v) is 17.1. The molecule has 256 valence electrons. The molecular formula is C31H44IN3O11. The van der Waals surface area contributed by atoms with E-state index < -0.39 is 29.7 Å². The normalized spacial score (nSPS) is 16.2. The van der Waals surface area contributed by atoms with Crippen molar-refractivity contribution in [1.82, 2.24) is 10.2 Å². The van der Waals surface area contributed by atoms with Gasteiger partial charge in [-0.05, 0) is 31.4 Å². The van der Waals surface area contributed by atoms with Gasteiger partial charge in [0.05, 0.1) is 89.5 Å². The van der Waals surface area contributed by atoms with Crippen LogP contribution in [0.15, 0.2) is 18.2 Å². The number of nitrogens with one attached hydrogen (secondary N) is 2. The minimum atomic E-state index is -1.07. The summed E-state index contributed by atoms with van der Waals surface area (Å²) in [7, 11) is 0. The molecule has 0 saturated carbocycles. The highest BCUT2D eigenvalue weighted by Crippen LogP contribution is 2.32. The van der Waals surface area contributed by atoms with Gasteiger partial charge in [-0.2, -0.15) is 0 Å². The highest BCUT2D eigenvalue weighted by atomic mass is 127. The zero-order valence-electron chi connectivity index (χ0n) is 26.1. The van der Waals surface area contributed by atoms with Gasteiger partial charge in [-0.3, -0.25) is 34.2 Å². The molecule has 0 radical (unpaired) electrons. The highest BCUT2D eigenvalue weighted by molar-refractivity contribution is 14.1. The van der Waals surface area contributed by atoms with Crippen LogP contribution >= 0.6 is 22.6 Å². The first-order valence-electron chi connectivity index (χ1n) is 15.6. The van der Waals surface area contributed by atoms with Crippen molar-refractivity contribution in [2.75, 3.05) is 89.0 Å². The second kappa shape index (κ2) is 22.1. The number of fused-ring (bicyclic) bond motifs is 1. The summed E-state index contributed by atoms with van der Waals surface area (Å²) < 4.78 is 33.6. The van der Waals surface area contributed by atoms with E-state index in [4.69, 9.17) is 28.4 Å². The van der Waals surface area contributed by atoms with Crippen molar-refractivity contribution >= 4 is 57.8 Å². The zero-order chi connectivity index (χ0) is 33.0. The number of carbonyl (C=O) groups is 5. The maximum Gasteiger partial charge on any atom is 0.264 e. The summed E-state index contributed by atoms with van der Waals surface area (Å²) >= 11 is 2.26. The lowest BCUT2D eigenvalue weighted by Gasteiger charge is -2.27. The second-order valence-corrected chi connectivity index (χ2v) is 11.5. The number of hydrogen-bond acceptors (Lipinski definition) is 11. The molecule has 1 saturated heterocycles. The van der Waals surface area contributed by atoms with Crippen LogP contribution in [0.2, 0.25) is 0 Å². The third kappa shape index (κ3) is 12.9. The smallest absolute Gasteiger partial charge is 0.264 e. The van der Waals surface area contributed by atoms with Crippen LogP contribution in [0.4, 0.5) is 5.69 Å². The van der Waals surface area contributed by atoms with Crippen molar-refractivity contribution in [1.29, 1.82) is 0 Å². The Morgan fingerprint density at radius 2 is 1.33 bits per heavy atom. The summed E-state index contributed by atoms with van der Waals surface area (Å²) in [5.74, 6) is -2.69. The van der Waals surface area contributed by atoms with E-state index in [1.165, 1.54) is 6.07 Å². The lowest BCUT2D eigenvalue weighted by atomic mass is 10.0. The molecule has 2 aliphatic rings. The predicted molar refractivity (Wildman–Crippen MR) is 174 cm³/mol. The minimum Gasteiger partial charge on any atom is -0.379 e. The van der Waals surface area contributed by atoms with Crippen LogP contribution in [0.5, 0.6) is 0 Å². The molecule has 2 heterocycles. The number of hydrogen-bond donors (Lipinski definition) is 2. The molecule has 3 rings (SSSR count). The maximum atomic E-state index is 13.1. The standard InChI is InChI=1S/C31H44IN3O11/c32-10-12-42-14-16-44-18-20-46-22-21-45-19-17-43-15-13-41-11-3-1-2-7-26(36)33-24-6-4-5-23-28(24)31(40)35(30(23)39)25-8-9-27(37)34-29(25)38/h4-6,25H,1-3,7-22H2,(H,33,36)(H,34,37,38). The molecule has 0 spiro atoms. The molecule has 15 heteroatoms. The monoisotopic (exact) mass is 761 g/mol. The Morgan fingerprint density at radius 3 is 1.89 bits per heavy atom. The average Bonchev–Trinajstić information content (AvgIpc) is 3.29. The zero-order valence-corrected chi connectivity index (χ0v) is 28.2. The molecular weight excluding hydrogens is 717 g/mol. The molecule has 1 unspecified atom stereocenters. The van der Waals surface area contributed by atoms with E-state index in [1.807, 2.05) is 0 Å². The Kier molecular flexibility index (Phi) is 18.2. The van der Waals surface area contributed by atoms with E-state index in [1.54, 1.807) is 12.1 Å². The predicted octanol–water partition coefficient (Wildman–Crippen LogP) is 2.12. The summed E-state index contributed by atoms with van der Waals surface area (Å²) in [5.41, 5.74) is 0.401. The van der Waals surface area contributed by atoms with Crippen molar-refractivity contribution in [3.63, 3.8) is 0 Å². The van der Waals surface area contributed by atoms with Crippen molar-refractivity contribution in [2.24, 2.45) is 0 Å². The van der Waals surface area contributed by atoms with Gasteiger partial charge in [0.15, 0.2) is 0 Å². The summed E-state index contributed by atoms with van der Waals surface area (Å²) in [6.45, 7) is 6.39. The molecule has 1 aromatic carbocycles. The lowest BCUT2D eigenvalue weighted by molar-refractivity contribution is -0.136. The fraction of sp³-hybridized carbons (Fsp3) is 0.645. The van der Waals surface area contributed by atoms with Crippen LogP contribution in [0.3, 0.4) is 0 Å². The number of rotatable bonds is 25. The van der Waals surface area contributed by atoms with Crippen molar-refractivity contribution in [3.05, 3.63) is 29.3 Å². The fourth-order valence-electron chi connectivity index (χ4n) is 4.75. The van der Waals surface area contributed by atoms with Crippen LogP contribution < -0.4 is 10.6 Å².